The van der Waals surface area contributed by atoms with Gasteiger partial charge < -0.3 is 10.7 Å². The summed E-state index contributed by atoms with van der Waals surface area (Å²) in [6.07, 6.45) is 3.38. The van der Waals surface area contributed by atoms with Gasteiger partial charge in [0.15, 0.2) is 0 Å². The van der Waals surface area contributed by atoms with Crippen molar-refractivity contribution in [3.05, 3.63) is 29.8 Å². The second-order valence-electron chi connectivity index (χ2n) is 5.78. The summed E-state index contributed by atoms with van der Waals surface area (Å²) >= 11 is 0. The number of nitrogens with one attached hydrogen (secondary N) is 2. The Hall–Kier alpha value is -1.55. The molecule has 104 valence electrons. The van der Waals surface area contributed by atoms with Gasteiger partial charge in [-0.25, -0.2) is 0 Å². The molecule has 0 saturated heterocycles. The number of anilines is 1. The Kier molecular flexibility index (Phi) is 4.43. The van der Waals surface area contributed by atoms with Crippen molar-refractivity contribution in [3.63, 3.8) is 0 Å². The van der Waals surface area contributed by atoms with Crippen molar-refractivity contribution in [3.8, 4) is 0 Å². The summed E-state index contributed by atoms with van der Waals surface area (Å²) in [6, 6.07) is 7.58. The minimum atomic E-state index is -0.0418. The molecule has 0 aliphatic heterocycles. The first-order chi connectivity index (χ1) is 9.10. The number of hydrazine groups is 1. The van der Waals surface area contributed by atoms with E-state index in [1.165, 1.54) is 6.42 Å². The van der Waals surface area contributed by atoms with Gasteiger partial charge in [-0.3, -0.25) is 10.6 Å². The van der Waals surface area contributed by atoms with E-state index in [9.17, 15) is 4.79 Å². The first kappa shape index (κ1) is 13.9. The number of carbonyl (C=O) groups excluding carboxylic acids is 1. The molecule has 4 heteroatoms. The van der Waals surface area contributed by atoms with Gasteiger partial charge in [0.05, 0.1) is 11.3 Å². The van der Waals surface area contributed by atoms with Crippen molar-refractivity contribution in [1.29, 1.82) is 0 Å². The molecule has 19 heavy (non-hydrogen) atoms. The van der Waals surface area contributed by atoms with Crippen LogP contribution in [0.1, 0.15) is 43.5 Å². The van der Waals surface area contributed by atoms with Crippen LogP contribution in [0, 0.1) is 11.8 Å². The normalized spacial score (nSPS) is 26.8. The van der Waals surface area contributed by atoms with Gasteiger partial charge in [0.2, 0.25) is 0 Å². The van der Waals surface area contributed by atoms with Crippen molar-refractivity contribution >= 4 is 11.6 Å². The lowest BCUT2D eigenvalue weighted by Gasteiger charge is -2.32. The van der Waals surface area contributed by atoms with E-state index >= 15 is 0 Å². The number of amides is 1. The topological polar surface area (TPSA) is 67.2 Å². The smallest absolute Gasteiger partial charge is 0.253 e. The van der Waals surface area contributed by atoms with Crippen LogP contribution in [0.15, 0.2) is 24.3 Å². The molecule has 0 aromatic heterocycles. The molecule has 2 atom stereocenters. The summed E-state index contributed by atoms with van der Waals surface area (Å²) in [7, 11) is 0. The maximum absolute atomic E-state index is 12.3. The van der Waals surface area contributed by atoms with Crippen LogP contribution in [0.25, 0.3) is 0 Å². The van der Waals surface area contributed by atoms with Crippen LogP contribution in [0.3, 0.4) is 0 Å². The maximum Gasteiger partial charge on any atom is 0.253 e. The molecule has 1 fully saturated rings. The highest BCUT2D eigenvalue weighted by molar-refractivity contribution is 5.99. The van der Waals surface area contributed by atoms with Gasteiger partial charge in [0.1, 0.15) is 0 Å². The highest BCUT2D eigenvalue weighted by Crippen LogP contribution is 2.28. The number of carbonyl (C=O) groups is 1. The van der Waals surface area contributed by atoms with Gasteiger partial charge in [-0.15, -0.1) is 0 Å². The van der Waals surface area contributed by atoms with Crippen LogP contribution in [-0.4, -0.2) is 11.9 Å². The van der Waals surface area contributed by atoms with Crippen molar-refractivity contribution in [2.45, 2.75) is 39.2 Å². The minimum absolute atomic E-state index is 0.0418. The van der Waals surface area contributed by atoms with E-state index in [-0.39, 0.29) is 11.9 Å². The fourth-order valence-corrected chi connectivity index (χ4v) is 3.13. The number of benzene rings is 1. The number of hydrogen-bond donors (Lipinski definition) is 3. The van der Waals surface area contributed by atoms with Crippen molar-refractivity contribution in [1.82, 2.24) is 5.32 Å². The molecular weight excluding hydrogens is 238 g/mol. The molecule has 1 aromatic carbocycles. The lowest BCUT2D eigenvalue weighted by atomic mass is 9.80. The number of nitrogen functional groups attached to an aromatic ring is 1. The Labute approximate surface area is 114 Å². The highest BCUT2D eigenvalue weighted by atomic mass is 16.1. The standard InChI is InChI=1S/C15H23N3O/c1-10-7-11(2)9-12(8-10)17-15(19)13-5-3-4-6-14(13)18-16/h3-6,10-12,18H,7-9,16H2,1-2H3,(H,17,19). The monoisotopic (exact) mass is 261 g/mol. The average molecular weight is 261 g/mol. The molecule has 4 nitrogen and oxygen atoms in total. The molecule has 0 bridgehead atoms. The second-order valence-corrected chi connectivity index (χ2v) is 5.78. The van der Waals surface area contributed by atoms with E-state index in [0.717, 1.165) is 12.8 Å². The third-order valence-electron chi connectivity index (χ3n) is 3.84. The molecule has 0 heterocycles. The van der Waals surface area contributed by atoms with Gasteiger partial charge in [-0.2, -0.15) is 0 Å². The summed E-state index contributed by atoms with van der Waals surface area (Å²) in [5.74, 6) is 6.75. The van der Waals surface area contributed by atoms with Crippen molar-refractivity contribution in [2.75, 3.05) is 5.43 Å². The number of rotatable bonds is 3. The fourth-order valence-electron chi connectivity index (χ4n) is 3.13. The predicted octanol–water partition coefficient (Wildman–Crippen LogP) is 2.53. The van der Waals surface area contributed by atoms with E-state index in [4.69, 9.17) is 5.84 Å². The van der Waals surface area contributed by atoms with E-state index in [2.05, 4.69) is 24.6 Å². The first-order valence-corrected chi connectivity index (χ1v) is 6.96. The first-order valence-electron chi connectivity index (χ1n) is 6.96. The Morgan fingerprint density at radius 1 is 1.16 bits per heavy atom. The molecule has 2 unspecified atom stereocenters. The van der Waals surface area contributed by atoms with Crippen molar-refractivity contribution < 1.29 is 4.79 Å². The largest absolute Gasteiger partial charge is 0.349 e. The summed E-state index contributed by atoms with van der Waals surface area (Å²) in [6.45, 7) is 4.51. The molecular formula is C15H23N3O. The van der Waals surface area contributed by atoms with Gasteiger partial charge in [0, 0.05) is 6.04 Å². The van der Waals surface area contributed by atoms with Crippen molar-refractivity contribution in [2.24, 2.45) is 17.7 Å². The minimum Gasteiger partial charge on any atom is -0.349 e. The molecule has 4 N–H and O–H groups in total. The molecule has 0 radical (unpaired) electrons. The lowest BCUT2D eigenvalue weighted by molar-refractivity contribution is 0.0912. The molecule has 0 spiro atoms. The Morgan fingerprint density at radius 2 is 1.79 bits per heavy atom. The van der Waals surface area contributed by atoms with E-state index in [0.29, 0.717) is 23.1 Å². The number of hydrogen-bond acceptors (Lipinski definition) is 3. The number of nitrogens with two attached hydrogens (primary N) is 1. The van der Waals surface area contributed by atoms with Crippen LogP contribution in [-0.2, 0) is 0 Å². The lowest BCUT2D eigenvalue weighted by Crippen LogP contribution is -2.40. The van der Waals surface area contributed by atoms with Gasteiger partial charge in [0.25, 0.3) is 5.91 Å². The third-order valence-corrected chi connectivity index (χ3v) is 3.84. The molecule has 1 saturated carbocycles. The molecule has 1 amide bonds. The van der Waals surface area contributed by atoms with Crippen LogP contribution in [0.2, 0.25) is 0 Å². The third kappa shape index (κ3) is 3.47. The Balaban J connectivity index is 2.04. The number of para-hydroxylation sites is 1. The molecule has 2 rings (SSSR count). The predicted molar refractivity (Wildman–Crippen MR) is 77.7 cm³/mol. The quantitative estimate of drug-likeness (QED) is 0.578. The zero-order chi connectivity index (χ0) is 13.8. The summed E-state index contributed by atoms with van der Waals surface area (Å²) in [5, 5.41) is 3.14. The molecule has 1 aromatic rings. The summed E-state index contributed by atoms with van der Waals surface area (Å²) in [4.78, 5) is 12.3. The van der Waals surface area contributed by atoms with Gasteiger partial charge >= 0.3 is 0 Å². The van der Waals surface area contributed by atoms with Crippen LogP contribution in [0.5, 0.6) is 0 Å². The van der Waals surface area contributed by atoms with E-state index in [1.54, 1.807) is 12.1 Å². The van der Waals surface area contributed by atoms with E-state index < -0.39 is 0 Å². The zero-order valence-electron chi connectivity index (χ0n) is 11.6. The fraction of sp³-hybridized carbons (Fsp3) is 0.533. The maximum atomic E-state index is 12.3. The summed E-state index contributed by atoms with van der Waals surface area (Å²) in [5.41, 5.74) is 3.84. The van der Waals surface area contributed by atoms with Crippen LogP contribution >= 0.6 is 0 Å². The zero-order valence-corrected chi connectivity index (χ0v) is 11.6. The molecule has 1 aliphatic rings. The second kappa shape index (κ2) is 6.06. The Bertz CT molecular complexity index is 437. The Morgan fingerprint density at radius 3 is 2.42 bits per heavy atom. The SMILES string of the molecule is CC1CC(C)CC(NC(=O)c2ccccc2NN)C1. The van der Waals surface area contributed by atoms with Crippen LogP contribution < -0.4 is 16.6 Å². The van der Waals surface area contributed by atoms with Gasteiger partial charge in [-0.05, 0) is 43.2 Å². The average Bonchev–Trinajstić information content (AvgIpc) is 2.37. The van der Waals surface area contributed by atoms with Crippen LogP contribution in [0.4, 0.5) is 5.69 Å². The molecule has 1 aliphatic carbocycles. The summed E-state index contributed by atoms with van der Waals surface area (Å²) < 4.78 is 0. The highest BCUT2D eigenvalue weighted by Gasteiger charge is 2.25. The van der Waals surface area contributed by atoms with Gasteiger partial charge in [-0.1, -0.05) is 26.0 Å². The van der Waals surface area contributed by atoms with E-state index in [1.807, 2.05) is 12.1 Å².